The van der Waals surface area contributed by atoms with Crippen LogP contribution >= 0.6 is 0 Å². The zero-order valence-corrected chi connectivity index (χ0v) is 10.4. The molecule has 1 aliphatic rings. The highest BCUT2D eigenvalue weighted by atomic mass is 19.4. The van der Waals surface area contributed by atoms with Gasteiger partial charge in [-0.05, 0) is 25.1 Å². The molecule has 0 N–H and O–H groups in total. The molecule has 0 radical (unpaired) electrons. The van der Waals surface area contributed by atoms with Gasteiger partial charge in [-0.25, -0.2) is 0 Å². The molecule has 6 heteroatoms. The lowest BCUT2D eigenvalue weighted by molar-refractivity contribution is -0.137. The average Bonchev–Trinajstić information content (AvgIpc) is 2.37. The van der Waals surface area contributed by atoms with Crippen molar-refractivity contribution in [3.8, 4) is 6.07 Å². The van der Waals surface area contributed by atoms with Crippen molar-refractivity contribution in [2.45, 2.75) is 19.1 Å². The van der Waals surface area contributed by atoms with Crippen molar-refractivity contribution in [2.75, 3.05) is 24.7 Å². The lowest BCUT2D eigenvalue weighted by atomic mass is 10.1. The van der Waals surface area contributed by atoms with E-state index in [1.54, 1.807) is 6.07 Å². The van der Waals surface area contributed by atoms with Crippen molar-refractivity contribution >= 4 is 5.69 Å². The third kappa shape index (κ3) is 2.82. The maximum atomic E-state index is 12.7. The lowest BCUT2D eigenvalue weighted by Crippen LogP contribution is -2.43. The van der Waals surface area contributed by atoms with Crippen LogP contribution in [0.15, 0.2) is 18.2 Å². The van der Waals surface area contributed by atoms with E-state index in [9.17, 15) is 13.2 Å². The Hall–Kier alpha value is -1.74. The van der Waals surface area contributed by atoms with Gasteiger partial charge in [0.05, 0.1) is 30.4 Å². The fourth-order valence-electron chi connectivity index (χ4n) is 2.16. The first-order valence-electron chi connectivity index (χ1n) is 5.89. The summed E-state index contributed by atoms with van der Waals surface area (Å²) in [6, 6.07) is 5.37. The van der Waals surface area contributed by atoms with Gasteiger partial charge in [0.2, 0.25) is 0 Å². The second kappa shape index (κ2) is 5.10. The number of morpholine rings is 1. The maximum Gasteiger partial charge on any atom is 0.417 e. The molecule has 1 aliphatic heterocycles. The van der Waals surface area contributed by atoms with Crippen molar-refractivity contribution in [3.63, 3.8) is 0 Å². The summed E-state index contributed by atoms with van der Waals surface area (Å²) in [7, 11) is 0. The van der Waals surface area contributed by atoms with E-state index in [4.69, 9.17) is 10.00 Å². The van der Waals surface area contributed by atoms with Crippen LogP contribution in [0.5, 0.6) is 0 Å². The number of halogens is 3. The summed E-state index contributed by atoms with van der Waals surface area (Å²) in [5, 5.41) is 8.88. The first-order chi connectivity index (χ1) is 8.93. The summed E-state index contributed by atoms with van der Waals surface area (Å²) in [5.74, 6) is 0. The van der Waals surface area contributed by atoms with Gasteiger partial charge in [0.1, 0.15) is 0 Å². The minimum Gasteiger partial charge on any atom is -0.377 e. The molecule has 0 aromatic heterocycles. The molecule has 0 saturated carbocycles. The quantitative estimate of drug-likeness (QED) is 0.787. The smallest absolute Gasteiger partial charge is 0.377 e. The van der Waals surface area contributed by atoms with Gasteiger partial charge in [-0.2, -0.15) is 18.4 Å². The second-order valence-electron chi connectivity index (χ2n) is 4.46. The monoisotopic (exact) mass is 270 g/mol. The molecule has 1 unspecified atom stereocenters. The van der Waals surface area contributed by atoms with Crippen LogP contribution in [-0.4, -0.2) is 25.8 Å². The third-order valence-electron chi connectivity index (χ3n) is 3.13. The predicted octanol–water partition coefficient (Wildman–Crippen LogP) is 2.80. The van der Waals surface area contributed by atoms with Crippen LogP contribution in [0.2, 0.25) is 0 Å². The van der Waals surface area contributed by atoms with Gasteiger partial charge in [0.15, 0.2) is 0 Å². The molecule has 2 rings (SSSR count). The number of alkyl halides is 3. The number of ether oxygens (including phenoxy) is 1. The van der Waals surface area contributed by atoms with E-state index in [1.165, 1.54) is 12.1 Å². The van der Waals surface area contributed by atoms with E-state index in [0.717, 1.165) is 6.07 Å². The zero-order chi connectivity index (χ0) is 14.0. The Morgan fingerprint density at radius 1 is 1.42 bits per heavy atom. The van der Waals surface area contributed by atoms with Crippen molar-refractivity contribution < 1.29 is 17.9 Å². The van der Waals surface area contributed by atoms with E-state index in [0.29, 0.717) is 25.4 Å². The number of anilines is 1. The normalized spacial score (nSPS) is 20.2. The molecule has 1 aromatic rings. The molecular formula is C13H13F3N2O. The largest absolute Gasteiger partial charge is 0.417 e. The van der Waals surface area contributed by atoms with Crippen molar-refractivity contribution in [1.82, 2.24) is 0 Å². The van der Waals surface area contributed by atoms with Gasteiger partial charge in [-0.1, -0.05) is 0 Å². The van der Waals surface area contributed by atoms with Gasteiger partial charge in [0.25, 0.3) is 0 Å². The summed E-state index contributed by atoms with van der Waals surface area (Å²) in [6.45, 7) is 3.61. The number of nitriles is 1. The van der Waals surface area contributed by atoms with Crippen LogP contribution in [-0.2, 0) is 10.9 Å². The molecule has 0 aliphatic carbocycles. The Morgan fingerprint density at radius 3 is 2.74 bits per heavy atom. The first kappa shape index (κ1) is 13.7. The van der Waals surface area contributed by atoms with E-state index >= 15 is 0 Å². The fraction of sp³-hybridized carbons (Fsp3) is 0.462. The molecular weight excluding hydrogens is 257 g/mol. The number of benzene rings is 1. The van der Waals surface area contributed by atoms with E-state index in [2.05, 4.69) is 0 Å². The molecule has 1 fully saturated rings. The van der Waals surface area contributed by atoms with Crippen LogP contribution in [0.3, 0.4) is 0 Å². The Kier molecular flexibility index (Phi) is 3.67. The minimum absolute atomic E-state index is 0.0806. The molecule has 1 heterocycles. The van der Waals surface area contributed by atoms with Gasteiger partial charge in [-0.3, -0.25) is 0 Å². The number of nitrogens with zero attached hydrogens (tertiary/aromatic N) is 2. The Labute approximate surface area is 109 Å². The van der Waals surface area contributed by atoms with Crippen LogP contribution in [0.4, 0.5) is 18.9 Å². The second-order valence-corrected chi connectivity index (χ2v) is 4.46. The molecule has 0 spiro atoms. The zero-order valence-electron chi connectivity index (χ0n) is 10.4. The number of rotatable bonds is 1. The van der Waals surface area contributed by atoms with E-state index < -0.39 is 11.7 Å². The summed E-state index contributed by atoms with van der Waals surface area (Å²) in [6.07, 6.45) is -4.50. The van der Waals surface area contributed by atoms with Gasteiger partial charge in [0, 0.05) is 18.3 Å². The van der Waals surface area contributed by atoms with Crippen LogP contribution in [0.1, 0.15) is 18.1 Å². The summed E-state index contributed by atoms with van der Waals surface area (Å²) < 4.78 is 43.4. The Bertz CT molecular complexity index is 508. The van der Waals surface area contributed by atoms with Crippen LogP contribution < -0.4 is 4.90 Å². The topological polar surface area (TPSA) is 36.3 Å². The standard InChI is InChI=1S/C13H13F3N2O/c1-9-8-19-5-4-18(9)11-2-3-12(13(14,15)16)10(6-11)7-17/h2-3,6,9H,4-5,8H2,1H3. The summed E-state index contributed by atoms with van der Waals surface area (Å²) in [5.41, 5.74) is -0.608. The van der Waals surface area contributed by atoms with E-state index in [1.807, 2.05) is 11.8 Å². The van der Waals surface area contributed by atoms with E-state index in [-0.39, 0.29) is 11.6 Å². The predicted molar refractivity (Wildman–Crippen MR) is 63.8 cm³/mol. The number of hydrogen-bond acceptors (Lipinski definition) is 3. The van der Waals surface area contributed by atoms with Crippen molar-refractivity contribution in [3.05, 3.63) is 29.3 Å². The highest BCUT2D eigenvalue weighted by Crippen LogP contribution is 2.34. The number of hydrogen-bond donors (Lipinski definition) is 0. The molecule has 0 amide bonds. The highest BCUT2D eigenvalue weighted by molar-refractivity contribution is 5.56. The van der Waals surface area contributed by atoms with Crippen LogP contribution in [0.25, 0.3) is 0 Å². The van der Waals surface area contributed by atoms with Gasteiger partial charge >= 0.3 is 6.18 Å². The molecule has 1 saturated heterocycles. The lowest BCUT2D eigenvalue weighted by Gasteiger charge is -2.35. The van der Waals surface area contributed by atoms with Gasteiger partial charge < -0.3 is 9.64 Å². The van der Waals surface area contributed by atoms with Crippen molar-refractivity contribution in [2.24, 2.45) is 0 Å². The molecule has 1 atom stereocenters. The van der Waals surface area contributed by atoms with Crippen molar-refractivity contribution in [1.29, 1.82) is 5.26 Å². The molecule has 1 aromatic carbocycles. The Balaban J connectivity index is 2.37. The minimum atomic E-state index is -4.50. The average molecular weight is 270 g/mol. The van der Waals surface area contributed by atoms with Gasteiger partial charge in [-0.15, -0.1) is 0 Å². The molecule has 19 heavy (non-hydrogen) atoms. The highest BCUT2D eigenvalue weighted by Gasteiger charge is 2.34. The van der Waals surface area contributed by atoms with Crippen LogP contribution in [0, 0.1) is 11.3 Å². The molecule has 3 nitrogen and oxygen atoms in total. The molecule has 0 bridgehead atoms. The summed E-state index contributed by atoms with van der Waals surface area (Å²) >= 11 is 0. The fourth-order valence-corrected chi connectivity index (χ4v) is 2.16. The summed E-state index contributed by atoms with van der Waals surface area (Å²) in [4.78, 5) is 1.95. The maximum absolute atomic E-state index is 12.7. The molecule has 102 valence electrons. The first-order valence-corrected chi connectivity index (χ1v) is 5.89. The SMILES string of the molecule is CC1COCCN1c1ccc(C(F)(F)F)c(C#N)c1. The third-order valence-corrected chi connectivity index (χ3v) is 3.13. The Morgan fingerprint density at radius 2 is 2.16 bits per heavy atom.